The summed E-state index contributed by atoms with van der Waals surface area (Å²) in [5.74, 6) is -0.257. The molecule has 0 spiro atoms. The third-order valence-electron chi connectivity index (χ3n) is 17.6. The Kier molecular flexibility index (Phi) is 58.4. The van der Waals surface area contributed by atoms with Gasteiger partial charge in [0.05, 0.1) is 32.0 Å². The molecule has 14 nitrogen and oxygen atoms in total. The summed E-state index contributed by atoms with van der Waals surface area (Å²) < 4.78 is 22.9. The number of hydrogen-bond donors (Lipinski definition) is 9. The third kappa shape index (κ3) is 46.9. The van der Waals surface area contributed by atoms with Gasteiger partial charge in [0.2, 0.25) is 5.91 Å². The SMILES string of the molecule is CC/C=C\C/C=C\C/C=C\C/C=C\C/C=C\C/C=C\C/C=C\C/C=C\C/C=C\C/C=C\CCCCCCCCC(=O)NC(COC1OC(CO)C(OC2OC(CO)C(O)C(O)C2O)C(O)C1O)C(O)/C=C/CCCCCCCCCCCCCCCCCCCCCCCC. The van der Waals surface area contributed by atoms with E-state index in [0.29, 0.717) is 6.42 Å². The lowest BCUT2D eigenvalue weighted by atomic mass is 9.97. The van der Waals surface area contributed by atoms with Crippen molar-refractivity contribution in [2.45, 2.75) is 351 Å². The number of ether oxygens (including phenoxy) is 4. The number of aliphatic hydroxyl groups is 8. The lowest BCUT2D eigenvalue weighted by molar-refractivity contribution is -0.359. The highest BCUT2D eigenvalue weighted by Gasteiger charge is 2.51. The number of amides is 1. The molecule has 12 unspecified atom stereocenters. The van der Waals surface area contributed by atoms with E-state index in [1.807, 2.05) is 6.08 Å². The molecule has 0 aromatic rings. The van der Waals surface area contributed by atoms with Crippen molar-refractivity contribution in [3.05, 3.63) is 134 Å². The minimum Gasteiger partial charge on any atom is -0.394 e. The Labute approximate surface area is 577 Å². The Morgan fingerprint density at radius 3 is 1.12 bits per heavy atom. The quantitative estimate of drug-likeness (QED) is 0.0204. The van der Waals surface area contributed by atoms with E-state index >= 15 is 0 Å². The van der Waals surface area contributed by atoms with E-state index < -0.39 is 86.8 Å². The summed E-state index contributed by atoms with van der Waals surface area (Å²) in [4.78, 5) is 13.4. The first-order valence-corrected chi connectivity index (χ1v) is 37.9. The molecule has 0 aliphatic carbocycles. The van der Waals surface area contributed by atoms with Crippen molar-refractivity contribution in [1.29, 1.82) is 0 Å². The van der Waals surface area contributed by atoms with E-state index in [4.69, 9.17) is 18.9 Å². The number of carbonyl (C=O) groups excluding carboxylic acids is 1. The highest BCUT2D eigenvalue weighted by atomic mass is 16.7. The smallest absolute Gasteiger partial charge is 0.220 e. The average molecular weight is 1330 g/mol. The highest BCUT2D eigenvalue weighted by molar-refractivity contribution is 5.76. The van der Waals surface area contributed by atoms with Crippen molar-refractivity contribution in [2.24, 2.45) is 0 Å². The van der Waals surface area contributed by atoms with Crippen LogP contribution in [0.15, 0.2) is 134 Å². The number of unbranched alkanes of at least 4 members (excludes halogenated alkanes) is 28. The summed E-state index contributed by atoms with van der Waals surface area (Å²) in [6, 6.07) is -0.934. The molecule has 2 heterocycles. The molecule has 2 saturated heterocycles. The normalized spacial score (nSPS) is 23.1. The molecule has 2 rings (SSSR count). The van der Waals surface area contributed by atoms with Crippen LogP contribution in [-0.2, 0) is 23.7 Å². The molecule has 95 heavy (non-hydrogen) atoms. The van der Waals surface area contributed by atoms with Gasteiger partial charge in [0, 0.05) is 6.42 Å². The van der Waals surface area contributed by atoms with Crippen LogP contribution in [0.3, 0.4) is 0 Å². The van der Waals surface area contributed by atoms with Crippen LogP contribution in [-0.4, -0.2) is 140 Å². The van der Waals surface area contributed by atoms with Crippen LogP contribution in [0.1, 0.15) is 277 Å². The maximum absolute atomic E-state index is 13.4. The van der Waals surface area contributed by atoms with Gasteiger partial charge in [0.25, 0.3) is 0 Å². The average Bonchev–Trinajstić information content (AvgIpc) is 0.927. The van der Waals surface area contributed by atoms with Gasteiger partial charge in [0.15, 0.2) is 12.6 Å². The fraction of sp³-hybridized carbons (Fsp3) is 0.716. The lowest BCUT2D eigenvalue weighted by Crippen LogP contribution is -2.65. The molecule has 0 aromatic heterocycles. The first kappa shape index (κ1) is 87.2. The maximum Gasteiger partial charge on any atom is 0.220 e. The zero-order valence-electron chi connectivity index (χ0n) is 59.4. The van der Waals surface area contributed by atoms with Crippen molar-refractivity contribution >= 4 is 5.91 Å². The van der Waals surface area contributed by atoms with Gasteiger partial charge in [-0.1, -0.05) is 308 Å². The Morgan fingerprint density at radius 2 is 0.726 bits per heavy atom. The molecule has 2 fully saturated rings. The standard InChI is InChI=1S/C81H137NO13/c1-3-5-7-9-11-13-15-17-19-21-23-25-27-29-30-31-32-33-34-35-36-37-38-39-40-41-43-45-47-49-51-53-55-57-59-61-63-65-73(86)82-69(68-92-80-78(91)76(89)79(72(67-84)94-80)95-81-77(90)75(88)74(87)71(66-83)93-81)70(85)64-62-60-58-56-54-52-50-48-46-44-42-28-26-24-22-20-18-16-14-12-10-8-6-4-2/h5,7,11,13,17,19,23,25,29-30,32-33,35-36,38-39,41,43,47,49,62,64,69-72,74-81,83-85,87-91H,3-4,6,8-10,12,14-16,18,20-22,24,26-28,31,34,37,40,42,44-46,48,50-61,63,65-68H2,1-2H3,(H,82,86)/b7-5-,13-11-,19-17-,25-23-,30-29-,33-32-,36-35-,39-38-,43-41-,49-47-,64-62+. The summed E-state index contributed by atoms with van der Waals surface area (Å²) in [6.07, 6.45) is 77.9. The van der Waals surface area contributed by atoms with E-state index in [1.165, 1.54) is 128 Å². The van der Waals surface area contributed by atoms with Crippen molar-refractivity contribution in [2.75, 3.05) is 19.8 Å². The number of hydrogen-bond acceptors (Lipinski definition) is 13. The molecular weight excluding hydrogens is 1190 g/mol. The van der Waals surface area contributed by atoms with Crippen LogP contribution in [0.25, 0.3) is 0 Å². The predicted molar refractivity (Wildman–Crippen MR) is 391 cm³/mol. The maximum atomic E-state index is 13.4. The van der Waals surface area contributed by atoms with Crippen LogP contribution in [0.2, 0.25) is 0 Å². The largest absolute Gasteiger partial charge is 0.394 e. The van der Waals surface area contributed by atoms with Crippen LogP contribution < -0.4 is 5.32 Å². The molecule has 0 bridgehead atoms. The first-order chi connectivity index (χ1) is 46.6. The topological polar surface area (TPSA) is 228 Å². The Bertz CT molecular complexity index is 2110. The molecule has 1 amide bonds. The molecule has 9 N–H and O–H groups in total. The van der Waals surface area contributed by atoms with E-state index in [0.717, 1.165) is 122 Å². The van der Waals surface area contributed by atoms with Crippen LogP contribution in [0, 0.1) is 0 Å². The van der Waals surface area contributed by atoms with Gasteiger partial charge in [-0.15, -0.1) is 0 Å². The fourth-order valence-corrected chi connectivity index (χ4v) is 11.6. The number of rotatable bonds is 61. The summed E-state index contributed by atoms with van der Waals surface area (Å²) in [5.41, 5.74) is 0. The molecule has 2 aliphatic heterocycles. The molecule has 0 aromatic carbocycles. The zero-order valence-corrected chi connectivity index (χ0v) is 59.4. The van der Waals surface area contributed by atoms with E-state index in [2.05, 4.69) is 141 Å². The molecule has 12 atom stereocenters. The predicted octanol–water partition coefficient (Wildman–Crippen LogP) is 16.6. The summed E-state index contributed by atoms with van der Waals surface area (Å²) in [7, 11) is 0. The van der Waals surface area contributed by atoms with Gasteiger partial charge >= 0.3 is 0 Å². The number of nitrogens with one attached hydrogen (secondary N) is 1. The van der Waals surface area contributed by atoms with Gasteiger partial charge in [-0.05, 0) is 96.3 Å². The van der Waals surface area contributed by atoms with E-state index in [1.54, 1.807) is 6.08 Å². The lowest BCUT2D eigenvalue weighted by Gasteiger charge is -2.46. The minimum absolute atomic E-state index is 0.256. The Balaban J connectivity index is 1.67. The summed E-state index contributed by atoms with van der Waals surface area (Å²) >= 11 is 0. The molecule has 2 aliphatic rings. The molecule has 14 heteroatoms. The van der Waals surface area contributed by atoms with Gasteiger partial charge in [-0.3, -0.25) is 4.79 Å². The second-order valence-corrected chi connectivity index (χ2v) is 26.0. The molecular formula is C81H137NO13. The highest BCUT2D eigenvalue weighted by Crippen LogP contribution is 2.30. The van der Waals surface area contributed by atoms with Crippen molar-refractivity contribution in [3.63, 3.8) is 0 Å². The number of aliphatic hydroxyl groups excluding tert-OH is 8. The molecule has 544 valence electrons. The van der Waals surface area contributed by atoms with Gasteiger partial charge < -0.3 is 65.1 Å². The number of carbonyl (C=O) groups is 1. The fourth-order valence-electron chi connectivity index (χ4n) is 11.6. The molecule has 0 radical (unpaired) electrons. The third-order valence-corrected chi connectivity index (χ3v) is 17.6. The second kappa shape index (κ2) is 63.6. The molecule has 0 saturated carbocycles. The second-order valence-electron chi connectivity index (χ2n) is 26.0. The van der Waals surface area contributed by atoms with Crippen LogP contribution >= 0.6 is 0 Å². The van der Waals surface area contributed by atoms with Crippen molar-refractivity contribution in [1.82, 2.24) is 5.32 Å². The summed E-state index contributed by atoms with van der Waals surface area (Å²) in [5, 5.41) is 87.6. The summed E-state index contributed by atoms with van der Waals surface area (Å²) in [6.45, 7) is 2.69. The Morgan fingerprint density at radius 1 is 0.389 bits per heavy atom. The van der Waals surface area contributed by atoms with E-state index in [-0.39, 0.29) is 18.9 Å². The van der Waals surface area contributed by atoms with Crippen LogP contribution in [0.4, 0.5) is 0 Å². The zero-order chi connectivity index (χ0) is 68.7. The van der Waals surface area contributed by atoms with Crippen molar-refractivity contribution < 1.29 is 64.6 Å². The van der Waals surface area contributed by atoms with Crippen molar-refractivity contribution in [3.8, 4) is 0 Å². The van der Waals surface area contributed by atoms with Gasteiger partial charge in [0.1, 0.15) is 48.8 Å². The van der Waals surface area contributed by atoms with E-state index in [9.17, 15) is 45.6 Å². The van der Waals surface area contributed by atoms with Gasteiger partial charge in [-0.25, -0.2) is 0 Å². The monoisotopic (exact) mass is 1330 g/mol. The van der Waals surface area contributed by atoms with Crippen LogP contribution in [0.5, 0.6) is 0 Å². The Hall–Kier alpha value is -3.87. The first-order valence-electron chi connectivity index (χ1n) is 37.9. The van der Waals surface area contributed by atoms with Gasteiger partial charge in [-0.2, -0.15) is 0 Å². The minimum atomic E-state index is -1.80. The number of allylic oxidation sites excluding steroid dienone is 21.